The summed E-state index contributed by atoms with van der Waals surface area (Å²) in [6.45, 7) is 2.26. The molecule has 6 nitrogen and oxygen atoms in total. The molecule has 0 saturated heterocycles. The van der Waals surface area contributed by atoms with Crippen LogP contribution in [0.2, 0.25) is 0 Å². The van der Waals surface area contributed by atoms with Gasteiger partial charge in [0.1, 0.15) is 23.8 Å². The summed E-state index contributed by atoms with van der Waals surface area (Å²) < 4.78 is 10.7. The second kappa shape index (κ2) is 7.49. The summed E-state index contributed by atoms with van der Waals surface area (Å²) >= 11 is 0. The van der Waals surface area contributed by atoms with Gasteiger partial charge in [0.05, 0.1) is 13.7 Å². The van der Waals surface area contributed by atoms with Crippen molar-refractivity contribution in [3.05, 3.63) is 47.8 Å². The van der Waals surface area contributed by atoms with E-state index < -0.39 is 0 Å². The molecule has 1 aromatic heterocycles. The number of H-pyrrole nitrogens is 1. The van der Waals surface area contributed by atoms with Gasteiger partial charge in [0.15, 0.2) is 5.78 Å². The van der Waals surface area contributed by atoms with Gasteiger partial charge >= 0.3 is 0 Å². The summed E-state index contributed by atoms with van der Waals surface area (Å²) in [6, 6.07) is 8.81. The highest BCUT2D eigenvalue weighted by atomic mass is 16.5. The molecule has 0 spiro atoms. The fourth-order valence-electron chi connectivity index (χ4n) is 2.00. The van der Waals surface area contributed by atoms with Crippen LogP contribution in [0.5, 0.6) is 11.5 Å². The van der Waals surface area contributed by atoms with Crippen LogP contribution in [0.1, 0.15) is 27.8 Å². The SMILES string of the molecule is COc1ccc(OCCN(C)C(=O)c2cc(C(C)=O)c[nH]2)cc1. The van der Waals surface area contributed by atoms with Crippen molar-refractivity contribution in [1.82, 2.24) is 9.88 Å². The van der Waals surface area contributed by atoms with Gasteiger partial charge in [-0.3, -0.25) is 9.59 Å². The van der Waals surface area contributed by atoms with Crippen LogP contribution in [-0.2, 0) is 0 Å². The zero-order valence-electron chi connectivity index (χ0n) is 13.5. The molecule has 6 heteroatoms. The maximum atomic E-state index is 12.2. The number of nitrogens with one attached hydrogen (secondary N) is 1. The van der Waals surface area contributed by atoms with Crippen LogP contribution in [0.25, 0.3) is 0 Å². The number of hydrogen-bond donors (Lipinski definition) is 1. The molecule has 122 valence electrons. The number of amides is 1. The van der Waals surface area contributed by atoms with Crippen LogP contribution in [0.3, 0.4) is 0 Å². The fraction of sp³-hybridized carbons (Fsp3) is 0.294. The van der Waals surface area contributed by atoms with Crippen molar-refractivity contribution in [3.8, 4) is 11.5 Å². The molecule has 0 aliphatic carbocycles. The smallest absolute Gasteiger partial charge is 0.270 e. The average molecular weight is 316 g/mol. The van der Waals surface area contributed by atoms with E-state index in [-0.39, 0.29) is 11.7 Å². The first-order chi connectivity index (χ1) is 11.0. The number of methoxy groups -OCH3 is 1. The number of aromatic amines is 1. The Labute approximate surface area is 135 Å². The molecule has 1 heterocycles. The summed E-state index contributed by atoms with van der Waals surface area (Å²) in [7, 11) is 3.29. The normalized spacial score (nSPS) is 10.2. The monoisotopic (exact) mass is 316 g/mol. The summed E-state index contributed by atoms with van der Waals surface area (Å²) in [5, 5.41) is 0. The molecule has 2 aromatic rings. The minimum absolute atomic E-state index is 0.0780. The Kier molecular flexibility index (Phi) is 5.41. The standard InChI is InChI=1S/C17H20N2O4/c1-12(20)13-10-16(18-11-13)17(21)19(2)8-9-23-15-6-4-14(22-3)5-7-15/h4-7,10-11,18H,8-9H2,1-3H3. The van der Waals surface area contributed by atoms with Crippen molar-refractivity contribution in [2.75, 3.05) is 27.3 Å². The molecule has 0 bridgehead atoms. The molecule has 1 N–H and O–H groups in total. The van der Waals surface area contributed by atoms with Crippen LogP contribution < -0.4 is 9.47 Å². The molecule has 23 heavy (non-hydrogen) atoms. The third kappa shape index (κ3) is 4.35. The Morgan fingerprint density at radius 3 is 2.39 bits per heavy atom. The molecule has 0 fully saturated rings. The maximum Gasteiger partial charge on any atom is 0.270 e. The summed E-state index contributed by atoms with van der Waals surface area (Å²) in [5.74, 6) is 1.21. The second-order valence-electron chi connectivity index (χ2n) is 5.11. The summed E-state index contributed by atoms with van der Waals surface area (Å²) in [4.78, 5) is 27.8. The Bertz CT molecular complexity index is 676. The van der Waals surface area contributed by atoms with Crippen molar-refractivity contribution >= 4 is 11.7 Å². The lowest BCUT2D eigenvalue weighted by Crippen LogP contribution is -2.31. The molecule has 0 saturated carbocycles. The third-order valence-electron chi connectivity index (χ3n) is 3.42. The first-order valence-corrected chi connectivity index (χ1v) is 7.23. The van der Waals surface area contributed by atoms with E-state index in [1.165, 1.54) is 13.1 Å². The van der Waals surface area contributed by atoms with Crippen molar-refractivity contribution in [3.63, 3.8) is 0 Å². The summed E-state index contributed by atoms with van der Waals surface area (Å²) in [6.07, 6.45) is 1.54. The molecular formula is C17H20N2O4. The van der Waals surface area contributed by atoms with Crippen molar-refractivity contribution in [2.45, 2.75) is 6.92 Å². The van der Waals surface area contributed by atoms with Gasteiger partial charge in [-0.25, -0.2) is 0 Å². The minimum Gasteiger partial charge on any atom is -0.497 e. The molecule has 0 radical (unpaired) electrons. The maximum absolute atomic E-state index is 12.2. The number of likely N-dealkylation sites (N-methyl/N-ethyl adjacent to an activating group) is 1. The first kappa shape index (κ1) is 16.6. The largest absolute Gasteiger partial charge is 0.497 e. The Morgan fingerprint density at radius 2 is 1.83 bits per heavy atom. The topological polar surface area (TPSA) is 71.6 Å². The zero-order chi connectivity index (χ0) is 16.8. The lowest BCUT2D eigenvalue weighted by Gasteiger charge is -2.16. The highest BCUT2D eigenvalue weighted by molar-refractivity contribution is 5.98. The van der Waals surface area contributed by atoms with Crippen LogP contribution >= 0.6 is 0 Å². The van der Waals surface area contributed by atoms with Gasteiger partial charge in [-0.1, -0.05) is 0 Å². The molecule has 0 aliphatic heterocycles. The first-order valence-electron chi connectivity index (χ1n) is 7.23. The van der Waals surface area contributed by atoms with E-state index in [1.807, 2.05) is 24.3 Å². The van der Waals surface area contributed by atoms with Gasteiger partial charge in [-0.15, -0.1) is 0 Å². The number of carbonyl (C=O) groups is 2. The van der Waals surface area contributed by atoms with Gasteiger partial charge in [-0.05, 0) is 37.3 Å². The van der Waals surface area contributed by atoms with E-state index in [4.69, 9.17) is 9.47 Å². The number of aromatic nitrogens is 1. The molecular weight excluding hydrogens is 296 g/mol. The van der Waals surface area contributed by atoms with Crippen molar-refractivity contribution in [1.29, 1.82) is 0 Å². The van der Waals surface area contributed by atoms with E-state index in [2.05, 4.69) is 4.98 Å². The lowest BCUT2D eigenvalue weighted by atomic mass is 10.2. The van der Waals surface area contributed by atoms with Crippen LogP contribution in [0.15, 0.2) is 36.5 Å². The molecule has 1 aromatic carbocycles. The fourth-order valence-corrected chi connectivity index (χ4v) is 2.00. The van der Waals surface area contributed by atoms with Gasteiger partial charge < -0.3 is 19.4 Å². The van der Waals surface area contributed by atoms with Gasteiger partial charge in [0, 0.05) is 18.8 Å². The van der Waals surface area contributed by atoms with Crippen LogP contribution in [0.4, 0.5) is 0 Å². The van der Waals surface area contributed by atoms with E-state index in [9.17, 15) is 9.59 Å². The lowest BCUT2D eigenvalue weighted by molar-refractivity contribution is 0.0768. The Balaban J connectivity index is 1.84. The molecule has 0 aliphatic rings. The number of benzene rings is 1. The Morgan fingerprint density at radius 1 is 1.17 bits per heavy atom. The number of rotatable bonds is 7. The Hall–Kier alpha value is -2.76. The number of ketones is 1. The average Bonchev–Trinajstić information content (AvgIpc) is 3.05. The van der Waals surface area contributed by atoms with Gasteiger partial charge in [0.2, 0.25) is 0 Å². The van der Waals surface area contributed by atoms with Gasteiger partial charge in [-0.2, -0.15) is 0 Å². The van der Waals surface area contributed by atoms with Crippen LogP contribution in [-0.4, -0.2) is 48.9 Å². The second-order valence-corrected chi connectivity index (χ2v) is 5.11. The quantitative estimate of drug-likeness (QED) is 0.796. The molecule has 2 rings (SSSR count). The van der Waals surface area contributed by atoms with Crippen molar-refractivity contribution in [2.24, 2.45) is 0 Å². The highest BCUT2D eigenvalue weighted by Crippen LogP contribution is 2.17. The number of Topliss-reactive ketones (excluding diaryl/α,β-unsaturated/α-hetero) is 1. The predicted molar refractivity (Wildman–Crippen MR) is 86.2 cm³/mol. The zero-order valence-corrected chi connectivity index (χ0v) is 13.5. The molecule has 1 amide bonds. The number of ether oxygens (including phenoxy) is 2. The van der Waals surface area contributed by atoms with E-state index >= 15 is 0 Å². The van der Waals surface area contributed by atoms with Crippen molar-refractivity contribution < 1.29 is 19.1 Å². The van der Waals surface area contributed by atoms with Gasteiger partial charge in [0.25, 0.3) is 5.91 Å². The van der Waals surface area contributed by atoms with E-state index in [0.717, 1.165) is 5.75 Å². The third-order valence-corrected chi connectivity index (χ3v) is 3.42. The number of hydrogen-bond acceptors (Lipinski definition) is 4. The van der Waals surface area contributed by atoms with Crippen LogP contribution in [0, 0.1) is 0 Å². The van der Waals surface area contributed by atoms with E-state index in [1.54, 1.807) is 25.1 Å². The minimum atomic E-state index is -0.184. The molecule has 0 atom stereocenters. The predicted octanol–water partition coefficient (Wildman–Crippen LogP) is 2.38. The number of carbonyl (C=O) groups excluding carboxylic acids is 2. The molecule has 0 unspecified atom stereocenters. The highest BCUT2D eigenvalue weighted by Gasteiger charge is 2.15. The number of nitrogens with zero attached hydrogens (tertiary/aromatic N) is 1. The summed E-state index contributed by atoms with van der Waals surface area (Å²) in [5.41, 5.74) is 0.887. The van der Waals surface area contributed by atoms with E-state index in [0.29, 0.717) is 30.2 Å².